The van der Waals surface area contributed by atoms with Gasteiger partial charge < -0.3 is 14.5 Å². The van der Waals surface area contributed by atoms with Crippen molar-refractivity contribution in [1.82, 2.24) is 10.1 Å². The van der Waals surface area contributed by atoms with Crippen molar-refractivity contribution in [3.63, 3.8) is 0 Å². The van der Waals surface area contributed by atoms with Gasteiger partial charge in [-0.1, -0.05) is 19.0 Å². The van der Waals surface area contributed by atoms with E-state index in [9.17, 15) is 9.59 Å². The van der Waals surface area contributed by atoms with Crippen LogP contribution in [0, 0.1) is 5.92 Å². The third-order valence-corrected chi connectivity index (χ3v) is 3.27. The Hall–Kier alpha value is -1.85. The molecule has 1 unspecified atom stereocenters. The minimum atomic E-state index is -1.22. The summed E-state index contributed by atoms with van der Waals surface area (Å²) in [7, 11) is 0. The average molecular weight is 252 g/mol. The SMILES string of the molecule is CC(C)C1CCCN1C(=O)c1cc(C(=O)O)on1. The zero-order chi connectivity index (χ0) is 13.3. The van der Waals surface area contributed by atoms with E-state index in [2.05, 4.69) is 23.5 Å². The highest BCUT2D eigenvalue weighted by molar-refractivity contribution is 5.95. The summed E-state index contributed by atoms with van der Waals surface area (Å²) in [5.74, 6) is -1.40. The topological polar surface area (TPSA) is 83.6 Å². The molecule has 1 aliphatic heterocycles. The molecule has 0 spiro atoms. The van der Waals surface area contributed by atoms with E-state index in [-0.39, 0.29) is 23.4 Å². The van der Waals surface area contributed by atoms with Crippen LogP contribution in [-0.2, 0) is 0 Å². The maximum Gasteiger partial charge on any atom is 0.374 e. The predicted molar refractivity (Wildman–Crippen MR) is 62.4 cm³/mol. The van der Waals surface area contributed by atoms with Crippen LogP contribution < -0.4 is 0 Å². The summed E-state index contributed by atoms with van der Waals surface area (Å²) < 4.78 is 4.61. The molecule has 0 bridgehead atoms. The summed E-state index contributed by atoms with van der Waals surface area (Å²) in [4.78, 5) is 24.6. The average Bonchev–Trinajstić information content (AvgIpc) is 2.97. The van der Waals surface area contributed by atoms with Gasteiger partial charge in [-0.25, -0.2) is 4.79 Å². The van der Waals surface area contributed by atoms with Gasteiger partial charge in [-0.15, -0.1) is 0 Å². The quantitative estimate of drug-likeness (QED) is 0.883. The zero-order valence-corrected chi connectivity index (χ0v) is 10.4. The Balaban J connectivity index is 2.17. The van der Waals surface area contributed by atoms with Gasteiger partial charge in [0, 0.05) is 18.7 Å². The number of nitrogens with zero attached hydrogens (tertiary/aromatic N) is 2. The maximum atomic E-state index is 12.2. The summed E-state index contributed by atoms with van der Waals surface area (Å²) in [6, 6.07) is 1.38. The molecule has 18 heavy (non-hydrogen) atoms. The normalized spacial score (nSPS) is 19.5. The fourth-order valence-electron chi connectivity index (χ4n) is 2.36. The molecular formula is C12H16N2O4. The van der Waals surface area contributed by atoms with Crippen molar-refractivity contribution in [3.8, 4) is 0 Å². The Morgan fingerprint density at radius 3 is 2.83 bits per heavy atom. The second-order valence-electron chi connectivity index (χ2n) is 4.83. The third-order valence-electron chi connectivity index (χ3n) is 3.27. The molecule has 2 heterocycles. The first-order valence-electron chi connectivity index (χ1n) is 6.01. The summed E-state index contributed by atoms with van der Waals surface area (Å²) in [6.45, 7) is 4.83. The van der Waals surface area contributed by atoms with Crippen LogP contribution in [0.25, 0.3) is 0 Å². The van der Waals surface area contributed by atoms with Crippen molar-refractivity contribution >= 4 is 11.9 Å². The largest absolute Gasteiger partial charge is 0.475 e. The highest BCUT2D eigenvalue weighted by atomic mass is 16.5. The van der Waals surface area contributed by atoms with Crippen LogP contribution in [0.2, 0.25) is 0 Å². The summed E-state index contributed by atoms with van der Waals surface area (Å²) in [6.07, 6.45) is 1.95. The second kappa shape index (κ2) is 4.80. The Kier molecular flexibility index (Phi) is 3.36. The molecule has 6 heteroatoms. The number of carbonyl (C=O) groups excluding carboxylic acids is 1. The molecule has 98 valence electrons. The molecule has 1 amide bonds. The monoisotopic (exact) mass is 252 g/mol. The first-order chi connectivity index (χ1) is 8.50. The fraction of sp³-hybridized carbons (Fsp3) is 0.583. The Morgan fingerprint density at radius 2 is 2.28 bits per heavy atom. The Morgan fingerprint density at radius 1 is 1.56 bits per heavy atom. The van der Waals surface area contributed by atoms with Gasteiger partial charge in [-0.2, -0.15) is 0 Å². The fourth-order valence-corrected chi connectivity index (χ4v) is 2.36. The van der Waals surface area contributed by atoms with Crippen LogP contribution in [0.1, 0.15) is 47.7 Å². The van der Waals surface area contributed by atoms with E-state index < -0.39 is 5.97 Å². The number of hydrogen-bond donors (Lipinski definition) is 1. The second-order valence-corrected chi connectivity index (χ2v) is 4.83. The van der Waals surface area contributed by atoms with Gasteiger partial charge >= 0.3 is 5.97 Å². The first-order valence-corrected chi connectivity index (χ1v) is 6.01. The lowest BCUT2D eigenvalue weighted by Crippen LogP contribution is -2.38. The van der Waals surface area contributed by atoms with E-state index in [0.717, 1.165) is 12.8 Å². The number of carbonyl (C=O) groups is 2. The molecular weight excluding hydrogens is 236 g/mol. The molecule has 2 rings (SSSR count). The lowest BCUT2D eigenvalue weighted by atomic mass is 10.0. The van der Waals surface area contributed by atoms with Crippen LogP contribution in [0.5, 0.6) is 0 Å². The molecule has 0 aliphatic carbocycles. The van der Waals surface area contributed by atoms with Crippen LogP contribution in [0.4, 0.5) is 0 Å². The van der Waals surface area contributed by atoms with Gasteiger partial charge in [0.15, 0.2) is 5.69 Å². The third kappa shape index (κ3) is 2.23. The van der Waals surface area contributed by atoms with Gasteiger partial charge in [0.25, 0.3) is 5.91 Å². The van der Waals surface area contributed by atoms with Gasteiger partial charge in [0.1, 0.15) is 0 Å². The minimum absolute atomic E-state index is 0.0694. The van der Waals surface area contributed by atoms with Gasteiger partial charge in [-0.3, -0.25) is 4.79 Å². The number of carboxylic acid groups (broad SMARTS) is 1. The highest BCUT2D eigenvalue weighted by Crippen LogP contribution is 2.25. The molecule has 0 saturated carbocycles. The smallest absolute Gasteiger partial charge is 0.374 e. The summed E-state index contributed by atoms with van der Waals surface area (Å²) >= 11 is 0. The van der Waals surface area contributed by atoms with Crippen LogP contribution in [0.3, 0.4) is 0 Å². The predicted octanol–water partition coefficient (Wildman–Crippen LogP) is 1.63. The van der Waals surface area contributed by atoms with Crippen molar-refractivity contribution in [3.05, 3.63) is 17.5 Å². The zero-order valence-electron chi connectivity index (χ0n) is 10.4. The molecule has 1 atom stereocenters. The maximum absolute atomic E-state index is 12.2. The van der Waals surface area contributed by atoms with Crippen LogP contribution in [-0.4, -0.2) is 39.6 Å². The Bertz CT molecular complexity index is 466. The van der Waals surface area contributed by atoms with Gasteiger partial charge in [0.2, 0.25) is 5.76 Å². The Labute approximate surface area is 105 Å². The molecule has 1 fully saturated rings. The van der Waals surface area contributed by atoms with Crippen LogP contribution >= 0.6 is 0 Å². The van der Waals surface area contributed by atoms with Crippen molar-refractivity contribution in [2.75, 3.05) is 6.54 Å². The van der Waals surface area contributed by atoms with Crippen molar-refractivity contribution in [1.29, 1.82) is 0 Å². The van der Waals surface area contributed by atoms with Gasteiger partial charge in [0.05, 0.1) is 0 Å². The number of amides is 1. The number of hydrogen-bond acceptors (Lipinski definition) is 4. The van der Waals surface area contributed by atoms with E-state index in [1.165, 1.54) is 6.07 Å². The number of aromatic carboxylic acids is 1. The molecule has 1 aromatic rings. The number of aromatic nitrogens is 1. The number of rotatable bonds is 3. The summed E-state index contributed by atoms with van der Waals surface area (Å²) in [5.41, 5.74) is 0.0694. The minimum Gasteiger partial charge on any atom is -0.475 e. The molecule has 1 aromatic heterocycles. The molecule has 1 aliphatic rings. The number of likely N-dealkylation sites (tertiary alicyclic amines) is 1. The van der Waals surface area contributed by atoms with E-state index in [4.69, 9.17) is 5.11 Å². The lowest BCUT2D eigenvalue weighted by molar-refractivity contribution is 0.0644. The van der Waals surface area contributed by atoms with Crippen molar-refractivity contribution < 1.29 is 19.2 Å². The molecule has 0 radical (unpaired) electrons. The van der Waals surface area contributed by atoms with E-state index in [1.54, 1.807) is 4.90 Å². The van der Waals surface area contributed by atoms with E-state index in [0.29, 0.717) is 12.5 Å². The van der Waals surface area contributed by atoms with E-state index in [1.807, 2.05) is 0 Å². The highest BCUT2D eigenvalue weighted by Gasteiger charge is 2.33. The molecule has 0 aromatic carbocycles. The standard InChI is InChI=1S/C12H16N2O4/c1-7(2)9-4-3-5-14(9)11(15)8-6-10(12(16)17)18-13-8/h6-7,9H,3-5H2,1-2H3,(H,16,17). The molecule has 1 saturated heterocycles. The first kappa shape index (κ1) is 12.6. The van der Waals surface area contributed by atoms with Crippen molar-refractivity contribution in [2.24, 2.45) is 5.92 Å². The molecule has 1 N–H and O–H groups in total. The molecule has 6 nitrogen and oxygen atoms in total. The summed E-state index contributed by atoms with van der Waals surface area (Å²) in [5, 5.41) is 12.3. The van der Waals surface area contributed by atoms with Crippen LogP contribution in [0.15, 0.2) is 10.6 Å². The number of carboxylic acids is 1. The lowest BCUT2D eigenvalue weighted by Gasteiger charge is -2.26. The van der Waals surface area contributed by atoms with Gasteiger partial charge in [-0.05, 0) is 18.8 Å². The van der Waals surface area contributed by atoms with Crippen molar-refractivity contribution in [2.45, 2.75) is 32.7 Å². The van der Waals surface area contributed by atoms with E-state index >= 15 is 0 Å².